The Morgan fingerprint density at radius 1 is 1.41 bits per heavy atom. The van der Waals surface area contributed by atoms with E-state index in [1.807, 2.05) is 11.8 Å². The maximum Gasteiger partial charge on any atom is 0.0107 e. The van der Waals surface area contributed by atoms with Crippen LogP contribution in [0.15, 0.2) is 29.2 Å². The van der Waals surface area contributed by atoms with Crippen LogP contribution in [-0.2, 0) is 0 Å². The molecule has 1 nitrogen and oxygen atoms in total. The molecule has 2 heteroatoms. The van der Waals surface area contributed by atoms with Crippen molar-refractivity contribution in [1.29, 1.82) is 0 Å². The first-order valence-electron chi connectivity index (χ1n) is 6.65. The molecule has 0 saturated carbocycles. The molecule has 0 bridgehead atoms. The van der Waals surface area contributed by atoms with Crippen LogP contribution in [0.4, 0.5) is 0 Å². The predicted molar refractivity (Wildman–Crippen MR) is 76.8 cm³/mol. The van der Waals surface area contributed by atoms with E-state index in [1.54, 1.807) is 5.56 Å². The van der Waals surface area contributed by atoms with Crippen molar-refractivity contribution in [3.8, 4) is 0 Å². The smallest absolute Gasteiger partial charge is 0.0107 e. The average Bonchev–Trinajstić information content (AvgIpc) is 2.74. The molecule has 3 unspecified atom stereocenters. The highest BCUT2D eigenvalue weighted by Crippen LogP contribution is 2.42. The molecule has 1 N–H and O–H groups in total. The number of fused-ring (bicyclic) bond motifs is 1. The third kappa shape index (κ3) is 2.86. The van der Waals surface area contributed by atoms with E-state index in [9.17, 15) is 0 Å². The van der Waals surface area contributed by atoms with Crippen molar-refractivity contribution in [2.75, 3.05) is 12.8 Å². The zero-order valence-electron chi connectivity index (χ0n) is 11.1. The molecule has 0 saturated heterocycles. The van der Waals surface area contributed by atoms with Gasteiger partial charge in [-0.3, -0.25) is 0 Å². The molecule has 0 radical (unpaired) electrons. The fourth-order valence-corrected chi connectivity index (χ4v) is 4.20. The van der Waals surface area contributed by atoms with Gasteiger partial charge in [0.1, 0.15) is 0 Å². The number of hydrogen-bond acceptors (Lipinski definition) is 2. The third-order valence-corrected chi connectivity index (χ3v) is 5.20. The van der Waals surface area contributed by atoms with Crippen molar-refractivity contribution < 1.29 is 0 Å². The molecular weight excluding hydrogens is 226 g/mol. The number of rotatable bonds is 5. The van der Waals surface area contributed by atoms with Gasteiger partial charge in [-0.25, -0.2) is 0 Å². The van der Waals surface area contributed by atoms with Crippen LogP contribution in [-0.4, -0.2) is 18.8 Å². The van der Waals surface area contributed by atoms with E-state index in [0.29, 0.717) is 6.04 Å². The lowest BCUT2D eigenvalue weighted by atomic mass is 9.86. The molecule has 0 aromatic heterocycles. The van der Waals surface area contributed by atoms with Gasteiger partial charge in [0.25, 0.3) is 0 Å². The van der Waals surface area contributed by atoms with Crippen LogP contribution < -0.4 is 5.32 Å². The molecule has 1 aliphatic heterocycles. The largest absolute Gasteiger partial charge is 0.317 e. The molecule has 3 atom stereocenters. The summed E-state index contributed by atoms with van der Waals surface area (Å²) in [6.45, 7) is 4.66. The van der Waals surface area contributed by atoms with Crippen molar-refractivity contribution in [2.45, 2.75) is 43.5 Å². The fraction of sp³-hybridized carbons (Fsp3) is 0.600. The number of thioether (sulfide) groups is 1. The van der Waals surface area contributed by atoms with E-state index in [0.717, 1.165) is 11.8 Å². The fourth-order valence-electron chi connectivity index (χ4n) is 2.93. The monoisotopic (exact) mass is 249 g/mol. The molecule has 1 aromatic carbocycles. The zero-order chi connectivity index (χ0) is 12.3. The van der Waals surface area contributed by atoms with Crippen molar-refractivity contribution in [3.05, 3.63) is 29.8 Å². The highest BCUT2D eigenvalue weighted by molar-refractivity contribution is 7.99. The van der Waals surface area contributed by atoms with Crippen LogP contribution in [0.1, 0.15) is 38.2 Å². The summed E-state index contributed by atoms with van der Waals surface area (Å²) in [5, 5.41) is 3.44. The molecule has 1 aliphatic rings. The summed E-state index contributed by atoms with van der Waals surface area (Å²) < 4.78 is 0. The third-order valence-electron chi connectivity index (χ3n) is 3.95. The topological polar surface area (TPSA) is 12.0 Å². The summed E-state index contributed by atoms with van der Waals surface area (Å²) in [6, 6.07) is 9.57. The van der Waals surface area contributed by atoms with Crippen LogP contribution in [0, 0.1) is 5.92 Å². The molecule has 17 heavy (non-hydrogen) atoms. The summed E-state index contributed by atoms with van der Waals surface area (Å²) in [4.78, 5) is 1.50. The Bertz CT molecular complexity index is 360. The van der Waals surface area contributed by atoms with Gasteiger partial charge in [0.05, 0.1) is 0 Å². The lowest BCUT2D eigenvalue weighted by molar-refractivity contribution is 0.351. The highest BCUT2D eigenvalue weighted by Gasteiger charge is 2.26. The van der Waals surface area contributed by atoms with E-state index in [1.165, 1.54) is 23.5 Å². The Labute approximate surface area is 109 Å². The average molecular weight is 249 g/mol. The Kier molecular flexibility index (Phi) is 4.52. The van der Waals surface area contributed by atoms with E-state index < -0.39 is 0 Å². The van der Waals surface area contributed by atoms with Crippen LogP contribution in [0.25, 0.3) is 0 Å². The van der Waals surface area contributed by atoms with Crippen molar-refractivity contribution in [1.82, 2.24) is 5.32 Å². The van der Waals surface area contributed by atoms with Gasteiger partial charge < -0.3 is 5.32 Å². The van der Waals surface area contributed by atoms with Gasteiger partial charge >= 0.3 is 0 Å². The van der Waals surface area contributed by atoms with Crippen LogP contribution in [0.3, 0.4) is 0 Å². The highest BCUT2D eigenvalue weighted by atomic mass is 32.2. The van der Waals surface area contributed by atoms with E-state index in [-0.39, 0.29) is 0 Å². The maximum absolute atomic E-state index is 3.44. The molecule has 0 spiro atoms. The quantitative estimate of drug-likeness (QED) is 0.849. The van der Waals surface area contributed by atoms with Crippen molar-refractivity contribution in [2.24, 2.45) is 5.92 Å². The van der Waals surface area contributed by atoms with Gasteiger partial charge in [0.15, 0.2) is 0 Å². The summed E-state index contributed by atoms with van der Waals surface area (Å²) in [7, 11) is 2.09. The van der Waals surface area contributed by atoms with Crippen LogP contribution in [0.5, 0.6) is 0 Å². The van der Waals surface area contributed by atoms with E-state index in [4.69, 9.17) is 0 Å². The van der Waals surface area contributed by atoms with E-state index >= 15 is 0 Å². The number of hydrogen-bond donors (Lipinski definition) is 1. The summed E-state index contributed by atoms with van der Waals surface area (Å²) in [5.41, 5.74) is 1.58. The van der Waals surface area contributed by atoms with Gasteiger partial charge in [-0.2, -0.15) is 0 Å². The molecule has 94 valence electrons. The summed E-state index contributed by atoms with van der Waals surface area (Å²) >= 11 is 2.02. The molecule has 1 aromatic rings. The maximum atomic E-state index is 3.44. The van der Waals surface area contributed by atoms with Crippen LogP contribution in [0.2, 0.25) is 0 Å². The van der Waals surface area contributed by atoms with E-state index in [2.05, 4.69) is 50.5 Å². The Hall–Kier alpha value is -0.470. The van der Waals surface area contributed by atoms with Gasteiger partial charge in [-0.15, -0.1) is 11.8 Å². The molecule has 0 amide bonds. The Balaban J connectivity index is 2.02. The number of nitrogens with one attached hydrogen (secondary N) is 1. The second-order valence-corrected chi connectivity index (χ2v) is 6.12. The Morgan fingerprint density at radius 3 is 2.88 bits per heavy atom. The lowest BCUT2D eigenvalue weighted by Crippen LogP contribution is -2.32. The second-order valence-electron chi connectivity index (χ2n) is 5.06. The van der Waals surface area contributed by atoms with Gasteiger partial charge in [0.2, 0.25) is 0 Å². The second kappa shape index (κ2) is 5.92. The minimum absolute atomic E-state index is 0.660. The van der Waals surface area contributed by atoms with Gasteiger partial charge in [0, 0.05) is 16.7 Å². The van der Waals surface area contributed by atoms with Crippen molar-refractivity contribution in [3.63, 3.8) is 0 Å². The molecule has 2 rings (SSSR count). The van der Waals surface area contributed by atoms with Crippen LogP contribution >= 0.6 is 11.8 Å². The summed E-state index contributed by atoms with van der Waals surface area (Å²) in [6.07, 6.45) is 2.53. The molecule has 0 fully saturated rings. The SMILES string of the molecule is CCC(NC)C(C)CC1CSc2ccccc21. The van der Waals surface area contributed by atoms with Gasteiger partial charge in [-0.1, -0.05) is 32.0 Å². The minimum Gasteiger partial charge on any atom is -0.317 e. The molecule has 0 aliphatic carbocycles. The molecule has 1 heterocycles. The zero-order valence-corrected chi connectivity index (χ0v) is 11.9. The predicted octanol–water partition coefficient (Wildman–Crippen LogP) is 3.90. The van der Waals surface area contributed by atoms with Gasteiger partial charge in [-0.05, 0) is 43.4 Å². The lowest BCUT2D eigenvalue weighted by Gasteiger charge is -2.25. The first-order valence-corrected chi connectivity index (χ1v) is 7.63. The minimum atomic E-state index is 0.660. The molecular formula is C15H23NS. The van der Waals surface area contributed by atoms with Crippen molar-refractivity contribution >= 4 is 11.8 Å². The standard InChI is InChI=1S/C15H23NS/c1-4-14(16-3)11(2)9-12-10-17-15-8-6-5-7-13(12)15/h5-8,11-12,14,16H,4,9-10H2,1-3H3. The summed E-state index contributed by atoms with van der Waals surface area (Å²) in [5.74, 6) is 2.78. The first kappa shape index (κ1) is 13.0. The normalized spacial score (nSPS) is 22.2. The Morgan fingerprint density at radius 2 is 2.18 bits per heavy atom. The number of benzene rings is 1. The first-order chi connectivity index (χ1) is 8.26.